The van der Waals surface area contributed by atoms with E-state index in [-0.39, 0.29) is 0 Å². The fourth-order valence-corrected chi connectivity index (χ4v) is 2.38. The Balaban J connectivity index is 1.77. The summed E-state index contributed by atoms with van der Waals surface area (Å²) in [5, 5.41) is 3.56. The van der Waals surface area contributed by atoms with Crippen LogP contribution >= 0.6 is 15.9 Å². The highest BCUT2D eigenvalue weighted by atomic mass is 79.9. The van der Waals surface area contributed by atoms with E-state index < -0.39 is 0 Å². The molecule has 2 heterocycles. The molecule has 1 aliphatic carbocycles. The van der Waals surface area contributed by atoms with Gasteiger partial charge < -0.3 is 5.32 Å². The van der Waals surface area contributed by atoms with E-state index in [4.69, 9.17) is 0 Å². The molecular weight excluding hydrogens is 280 g/mol. The van der Waals surface area contributed by atoms with Crippen molar-refractivity contribution in [1.82, 2.24) is 19.7 Å². The topological polar surface area (TPSA) is 42.2 Å². The molecule has 2 aromatic heterocycles. The monoisotopic (exact) mass is 294 g/mol. The summed E-state index contributed by atoms with van der Waals surface area (Å²) < 4.78 is 2.91. The van der Waals surface area contributed by atoms with Gasteiger partial charge in [0.15, 0.2) is 5.65 Å². The van der Waals surface area contributed by atoms with E-state index in [2.05, 4.69) is 42.5 Å². The quantitative estimate of drug-likeness (QED) is 0.941. The van der Waals surface area contributed by atoms with E-state index in [1.54, 1.807) is 6.20 Å². The molecule has 90 valence electrons. The Labute approximate surface area is 109 Å². The third-order valence-electron chi connectivity index (χ3n) is 3.38. The summed E-state index contributed by atoms with van der Waals surface area (Å²) in [6.45, 7) is 3.12. The minimum Gasteiger partial charge on any atom is -0.308 e. The first-order valence-corrected chi connectivity index (χ1v) is 6.74. The fourth-order valence-electron chi connectivity index (χ4n) is 2.08. The van der Waals surface area contributed by atoms with E-state index in [1.165, 1.54) is 18.5 Å². The molecule has 0 aromatic carbocycles. The number of rotatable bonds is 4. The standard InChI is InChI=1S/C12H15BrN4/c1-8(9-2-3-9)14-4-10-5-16-12-6-15-11(13)7-17(10)12/h5-9,14H,2-4H2,1H3. The number of imidazole rings is 1. The molecule has 0 bridgehead atoms. The van der Waals surface area contributed by atoms with Gasteiger partial charge in [0, 0.05) is 18.8 Å². The summed E-state index contributed by atoms with van der Waals surface area (Å²) in [5.41, 5.74) is 2.07. The maximum Gasteiger partial charge on any atom is 0.155 e. The number of aromatic nitrogens is 3. The Kier molecular flexibility index (Phi) is 2.88. The zero-order chi connectivity index (χ0) is 11.8. The second-order valence-corrected chi connectivity index (χ2v) is 5.51. The van der Waals surface area contributed by atoms with Gasteiger partial charge in [0.2, 0.25) is 0 Å². The Bertz CT molecular complexity index is 532. The van der Waals surface area contributed by atoms with Crippen molar-refractivity contribution < 1.29 is 0 Å². The molecule has 0 amide bonds. The second kappa shape index (κ2) is 4.38. The molecule has 2 aromatic rings. The van der Waals surface area contributed by atoms with Crippen molar-refractivity contribution in [3.05, 3.63) is 28.9 Å². The molecule has 1 N–H and O–H groups in total. The van der Waals surface area contributed by atoms with Gasteiger partial charge in [-0.05, 0) is 41.6 Å². The zero-order valence-corrected chi connectivity index (χ0v) is 11.3. The Morgan fingerprint density at radius 2 is 2.29 bits per heavy atom. The Morgan fingerprint density at radius 3 is 3.06 bits per heavy atom. The molecule has 1 saturated carbocycles. The van der Waals surface area contributed by atoms with E-state index in [0.29, 0.717) is 6.04 Å². The minimum atomic E-state index is 0.603. The summed E-state index contributed by atoms with van der Waals surface area (Å²) in [7, 11) is 0. The normalized spacial score (nSPS) is 17.5. The summed E-state index contributed by atoms with van der Waals surface area (Å²) in [4.78, 5) is 8.50. The number of hydrogen-bond acceptors (Lipinski definition) is 3. The maximum absolute atomic E-state index is 4.34. The highest BCUT2D eigenvalue weighted by molar-refractivity contribution is 9.10. The lowest BCUT2D eigenvalue weighted by atomic mass is 10.2. The maximum atomic E-state index is 4.34. The molecule has 1 fully saturated rings. The van der Waals surface area contributed by atoms with Gasteiger partial charge in [-0.3, -0.25) is 4.40 Å². The van der Waals surface area contributed by atoms with E-state index in [1.807, 2.05) is 12.4 Å². The van der Waals surface area contributed by atoms with Gasteiger partial charge >= 0.3 is 0 Å². The van der Waals surface area contributed by atoms with Crippen LogP contribution in [0.2, 0.25) is 0 Å². The summed E-state index contributed by atoms with van der Waals surface area (Å²) in [6.07, 6.45) is 8.39. The average Bonchev–Trinajstić information content (AvgIpc) is 3.09. The SMILES string of the molecule is CC(NCc1cnc2cnc(Br)cn12)C1CC1. The van der Waals surface area contributed by atoms with Gasteiger partial charge in [-0.15, -0.1) is 0 Å². The lowest BCUT2D eigenvalue weighted by molar-refractivity contribution is 0.491. The van der Waals surface area contributed by atoms with Gasteiger partial charge in [0.25, 0.3) is 0 Å². The van der Waals surface area contributed by atoms with Crippen molar-refractivity contribution >= 4 is 21.6 Å². The van der Waals surface area contributed by atoms with E-state index in [9.17, 15) is 0 Å². The number of nitrogens with one attached hydrogen (secondary N) is 1. The Hall–Kier alpha value is -0.940. The molecule has 4 nitrogen and oxygen atoms in total. The first-order chi connectivity index (χ1) is 8.24. The molecule has 17 heavy (non-hydrogen) atoms. The molecule has 0 spiro atoms. The van der Waals surface area contributed by atoms with Crippen molar-refractivity contribution in [2.45, 2.75) is 32.4 Å². The van der Waals surface area contributed by atoms with E-state index >= 15 is 0 Å². The van der Waals surface area contributed by atoms with Crippen LogP contribution in [0.25, 0.3) is 5.65 Å². The number of fused-ring (bicyclic) bond motifs is 1. The van der Waals surface area contributed by atoms with Gasteiger partial charge in [0.1, 0.15) is 4.60 Å². The third kappa shape index (κ3) is 2.35. The summed E-state index contributed by atoms with van der Waals surface area (Å²) in [5.74, 6) is 0.877. The predicted molar refractivity (Wildman–Crippen MR) is 69.7 cm³/mol. The van der Waals surface area contributed by atoms with Crippen molar-refractivity contribution in [1.29, 1.82) is 0 Å². The molecule has 0 saturated heterocycles. The fraction of sp³-hybridized carbons (Fsp3) is 0.500. The second-order valence-electron chi connectivity index (χ2n) is 4.69. The smallest absolute Gasteiger partial charge is 0.155 e. The lowest BCUT2D eigenvalue weighted by Gasteiger charge is -2.12. The van der Waals surface area contributed by atoms with E-state index in [0.717, 1.165) is 22.7 Å². The highest BCUT2D eigenvalue weighted by Crippen LogP contribution is 2.32. The van der Waals surface area contributed by atoms with Crippen LogP contribution in [0.3, 0.4) is 0 Å². The predicted octanol–water partition coefficient (Wildman–Crippen LogP) is 2.38. The molecule has 0 aliphatic heterocycles. The van der Waals surface area contributed by atoms with Gasteiger partial charge in [-0.1, -0.05) is 0 Å². The van der Waals surface area contributed by atoms with Crippen LogP contribution in [-0.2, 0) is 6.54 Å². The third-order valence-corrected chi connectivity index (χ3v) is 3.78. The lowest BCUT2D eigenvalue weighted by Crippen LogP contribution is -2.27. The highest BCUT2D eigenvalue weighted by Gasteiger charge is 2.27. The average molecular weight is 295 g/mol. The van der Waals surface area contributed by atoms with Crippen LogP contribution in [0, 0.1) is 5.92 Å². The largest absolute Gasteiger partial charge is 0.308 e. The minimum absolute atomic E-state index is 0.603. The summed E-state index contributed by atoms with van der Waals surface area (Å²) in [6, 6.07) is 0.603. The van der Waals surface area contributed by atoms with Crippen molar-refractivity contribution in [2.75, 3.05) is 0 Å². The number of nitrogens with zero attached hydrogens (tertiary/aromatic N) is 3. The molecule has 3 rings (SSSR count). The van der Waals surface area contributed by atoms with Crippen LogP contribution in [0.5, 0.6) is 0 Å². The molecule has 1 aliphatic rings. The van der Waals surface area contributed by atoms with Gasteiger partial charge in [-0.2, -0.15) is 0 Å². The van der Waals surface area contributed by atoms with Crippen LogP contribution < -0.4 is 5.32 Å². The van der Waals surface area contributed by atoms with Gasteiger partial charge in [0.05, 0.1) is 18.1 Å². The molecule has 5 heteroatoms. The number of hydrogen-bond donors (Lipinski definition) is 1. The first kappa shape index (κ1) is 11.2. The Morgan fingerprint density at radius 1 is 1.47 bits per heavy atom. The van der Waals surface area contributed by atoms with Crippen molar-refractivity contribution in [3.63, 3.8) is 0 Å². The van der Waals surface area contributed by atoms with Crippen molar-refractivity contribution in [3.8, 4) is 0 Å². The van der Waals surface area contributed by atoms with Crippen molar-refractivity contribution in [2.24, 2.45) is 5.92 Å². The zero-order valence-electron chi connectivity index (χ0n) is 9.73. The van der Waals surface area contributed by atoms with Crippen LogP contribution in [0.4, 0.5) is 0 Å². The first-order valence-electron chi connectivity index (χ1n) is 5.95. The summed E-state index contributed by atoms with van der Waals surface area (Å²) >= 11 is 3.38. The molecule has 0 radical (unpaired) electrons. The molecule has 1 atom stereocenters. The van der Waals surface area contributed by atoms with Crippen LogP contribution in [0.1, 0.15) is 25.5 Å². The van der Waals surface area contributed by atoms with Crippen LogP contribution in [-0.4, -0.2) is 20.4 Å². The molecule has 1 unspecified atom stereocenters. The number of halogens is 1. The van der Waals surface area contributed by atoms with Crippen LogP contribution in [0.15, 0.2) is 23.2 Å². The van der Waals surface area contributed by atoms with Gasteiger partial charge in [-0.25, -0.2) is 9.97 Å². The molecular formula is C12H15BrN4.